The van der Waals surface area contributed by atoms with Gasteiger partial charge in [0.05, 0.1) is 55.4 Å². The van der Waals surface area contributed by atoms with Gasteiger partial charge in [-0.2, -0.15) is 0 Å². The number of rotatable bonds is 9. The summed E-state index contributed by atoms with van der Waals surface area (Å²) in [6.07, 6.45) is -7.72. The van der Waals surface area contributed by atoms with E-state index in [0.29, 0.717) is 0 Å². The first-order valence-electron chi connectivity index (χ1n) is 11.9. The van der Waals surface area contributed by atoms with Crippen LogP contribution in [0.3, 0.4) is 0 Å². The summed E-state index contributed by atoms with van der Waals surface area (Å²) in [6.45, 7) is 10.2. The van der Waals surface area contributed by atoms with Gasteiger partial charge in [0.15, 0.2) is 0 Å². The third-order valence-electron chi connectivity index (χ3n) is 7.63. The van der Waals surface area contributed by atoms with E-state index in [0.717, 1.165) is 0 Å². The molecular formula is C21H38O11P2-2. The van der Waals surface area contributed by atoms with E-state index in [2.05, 4.69) is 0 Å². The van der Waals surface area contributed by atoms with Crippen LogP contribution in [0.25, 0.3) is 0 Å². The molecule has 0 bridgehead atoms. The van der Waals surface area contributed by atoms with Gasteiger partial charge in [-0.1, -0.05) is 20.8 Å². The Morgan fingerprint density at radius 1 is 0.706 bits per heavy atom. The van der Waals surface area contributed by atoms with Gasteiger partial charge in [-0.25, -0.2) is 0 Å². The van der Waals surface area contributed by atoms with Gasteiger partial charge in [-0.05, 0) is 20.8 Å². The van der Waals surface area contributed by atoms with Crippen molar-refractivity contribution in [3.05, 3.63) is 0 Å². The maximum Gasteiger partial charge on any atom is 0.138 e. The lowest BCUT2D eigenvalue weighted by Crippen LogP contribution is -2.38. The summed E-state index contributed by atoms with van der Waals surface area (Å²) < 4.78 is 53.5. The van der Waals surface area contributed by atoms with Crippen LogP contribution in [0.5, 0.6) is 0 Å². The third-order valence-corrected chi connectivity index (χ3v) is 10.4. The van der Waals surface area contributed by atoms with Crippen molar-refractivity contribution in [1.82, 2.24) is 0 Å². The van der Waals surface area contributed by atoms with Crippen molar-refractivity contribution < 1.29 is 52.4 Å². The van der Waals surface area contributed by atoms with Gasteiger partial charge in [0.2, 0.25) is 0 Å². The summed E-state index contributed by atoms with van der Waals surface area (Å²) in [6, 6.07) is 0. The number of aliphatic hydroxyl groups excluding tert-OH is 2. The molecule has 0 aromatic rings. The number of hydrogen-bond donors (Lipinski definition) is 2. The molecule has 2 N–H and O–H groups in total. The number of aliphatic hydroxyl groups is 2. The Hall–Kier alpha value is 0.100. The molecule has 3 aliphatic rings. The van der Waals surface area contributed by atoms with Crippen LogP contribution in [0.4, 0.5) is 0 Å². The maximum atomic E-state index is 12.9. The van der Waals surface area contributed by atoms with Crippen molar-refractivity contribution in [2.24, 2.45) is 17.8 Å². The highest BCUT2D eigenvalue weighted by atomic mass is 31.2. The normalized spacial score (nSPS) is 48.6. The first-order valence-corrected chi connectivity index (χ1v) is 15.3. The predicted octanol–water partition coefficient (Wildman–Crippen LogP) is 0.487. The number of ether oxygens (including phenoxy) is 3. The Balaban J connectivity index is 1.68. The van der Waals surface area contributed by atoms with E-state index in [4.69, 9.17) is 23.3 Å². The molecule has 0 radical (unpaired) electrons. The molecule has 0 aromatic heterocycles. The van der Waals surface area contributed by atoms with Crippen LogP contribution in [0, 0.1) is 17.8 Å². The topological polar surface area (TPSA) is 167 Å². The molecule has 200 valence electrons. The van der Waals surface area contributed by atoms with Crippen LogP contribution in [-0.2, 0) is 32.4 Å². The zero-order valence-corrected chi connectivity index (χ0v) is 22.3. The van der Waals surface area contributed by atoms with Gasteiger partial charge in [0, 0.05) is 30.1 Å². The molecule has 34 heavy (non-hydrogen) atoms. The molecule has 3 aliphatic heterocycles. The van der Waals surface area contributed by atoms with Gasteiger partial charge in [-0.15, -0.1) is 0 Å². The minimum atomic E-state index is -4.52. The second kappa shape index (κ2) is 10.8. The van der Waals surface area contributed by atoms with E-state index in [1.807, 2.05) is 0 Å². The molecule has 3 fully saturated rings. The van der Waals surface area contributed by atoms with E-state index in [1.165, 1.54) is 0 Å². The molecule has 0 amide bonds. The average molecular weight is 528 g/mol. The van der Waals surface area contributed by atoms with Crippen LogP contribution >= 0.6 is 15.2 Å². The van der Waals surface area contributed by atoms with E-state index >= 15 is 0 Å². The Morgan fingerprint density at radius 2 is 1.09 bits per heavy atom. The maximum absolute atomic E-state index is 12.9. The van der Waals surface area contributed by atoms with Crippen molar-refractivity contribution in [3.63, 3.8) is 0 Å². The quantitative estimate of drug-likeness (QED) is 0.400. The molecule has 5 unspecified atom stereocenters. The SMILES string of the molecule is CC1[C@H](C)O[C@H](CP(=O)([O-])O[C@@H]2C(C)[C@H](C)O[C@@H]2CP(=O)([O-])O[C@@H]2C(C)[C@H](C)O[C@@H]2CO)[C@@H]1O. The minimum Gasteiger partial charge on any atom is -0.778 e. The van der Waals surface area contributed by atoms with Gasteiger partial charge in [0.25, 0.3) is 0 Å². The summed E-state index contributed by atoms with van der Waals surface area (Å²) in [5, 5.41) is 19.8. The standard InChI is InChI=1S/C21H40O11P2/c1-10-13(4)29-17(19(10)23)8-33(24,25)32-21-12(3)15(6)30-18(21)9-34(26,27)31-20-11(2)14(5)28-16(20)7-22/h10-23H,7-9H2,1-6H3,(H,24,25)(H,26,27)/p-2/t10?,11?,12?,13-,14-,15-,16+,17+,18+,19+,20+,21+/m0/s1. The highest BCUT2D eigenvalue weighted by Crippen LogP contribution is 2.51. The van der Waals surface area contributed by atoms with Crippen LogP contribution in [0.15, 0.2) is 0 Å². The Bertz CT molecular complexity index is 797. The molecule has 13 heteroatoms. The zero-order chi connectivity index (χ0) is 25.6. The molecule has 0 saturated carbocycles. The highest BCUT2D eigenvalue weighted by Gasteiger charge is 2.47. The van der Waals surface area contributed by atoms with Crippen molar-refractivity contribution in [1.29, 1.82) is 0 Å². The van der Waals surface area contributed by atoms with Crippen molar-refractivity contribution >= 4 is 15.2 Å². The second-order valence-corrected chi connectivity index (χ2v) is 13.7. The van der Waals surface area contributed by atoms with Crippen molar-refractivity contribution in [2.75, 3.05) is 18.9 Å². The lowest BCUT2D eigenvalue weighted by Gasteiger charge is -2.36. The largest absolute Gasteiger partial charge is 0.778 e. The summed E-state index contributed by atoms with van der Waals surface area (Å²) in [5.41, 5.74) is 0. The van der Waals surface area contributed by atoms with E-state index < -0.39 is 76.2 Å². The summed E-state index contributed by atoms with van der Waals surface area (Å²) in [7, 11) is -9.03. The fourth-order valence-corrected chi connectivity index (χ4v) is 7.98. The zero-order valence-electron chi connectivity index (χ0n) is 20.5. The second-order valence-electron chi connectivity index (χ2n) is 10.1. The summed E-state index contributed by atoms with van der Waals surface area (Å²) >= 11 is 0. The molecule has 11 nitrogen and oxygen atoms in total. The fraction of sp³-hybridized carbons (Fsp3) is 1.00. The Kier molecular flexibility index (Phi) is 9.14. The summed E-state index contributed by atoms with van der Waals surface area (Å²) in [5.74, 6) is -0.890. The first-order chi connectivity index (χ1) is 15.7. The molecule has 3 heterocycles. The van der Waals surface area contributed by atoms with Crippen LogP contribution in [0.2, 0.25) is 0 Å². The van der Waals surface area contributed by atoms with E-state index in [9.17, 15) is 29.1 Å². The first kappa shape index (κ1) is 28.7. The van der Waals surface area contributed by atoms with Crippen LogP contribution in [0.1, 0.15) is 41.5 Å². The molecule has 3 rings (SSSR count). The van der Waals surface area contributed by atoms with E-state index in [-0.39, 0.29) is 30.7 Å². The monoisotopic (exact) mass is 528 g/mol. The lowest BCUT2D eigenvalue weighted by molar-refractivity contribution is -0.212. The molecular weight excluding hydrogens is 490 g/mol. The molecule has 0 aromatic carbocycles. The van der Waals surface area contributed by atoms with Crippen molar-refractivity contribution in [2.45, 2.75) is 96.5 Å². The van der Waals surface area contributed by atoms with Gasteiger partial charge in [0.1, 0.15) is 21.3 Å². The Labute approximate surface area is 201 Å². The van der Waals surface area contributed by atoms with E-state index in [1.54, 1.807) is 41.5 Å². The molecule has 14 atom stereocenters. The van der Waals surface area contributed by atoms with Crippen molar-refractivity contribution in [3.8, 4) is 0 Å². The van der Waals surface area contributed by atoms with Gasteiger partial charge in [-0.3, -0.25) is 0 Å². The van der Waals surface area contributed by atoms with Gasteiger partial charge >= 0.3 is 0 Å². The minimum absolute atomic E-state index is 0.220. The smallest absolute Gasteiger partial charge is 0.138 e. The lowest BCUT2D eigenvalue weighted by atomic mass is 10.00. The van der Waals surface area contributed by atoms with Gasteiger partial charge < -0.3 is 52.4 Å². The average Bonchev–Trinajstić information content (AvgIpc) is 3.24. The molecule has 0 spiro atoms. The summed E-state index contributed by atoms with van der Waals surface area (Å²) in [4.78, 5) is 25.7. The molecule has 0 aliphatic carbocycles. The highest BCUT2D eigenvalue weighted by molar-refractivity contribution is 7.51. The molecule has 3 saturated heterocycles. The number of hydrogen-bond acceptors (Lipinski definition) is 11. The van der Waals surface area contributed by atoms with Crippen LogP contribution < -0.4 is 9.79 Å². The third kappa shape index (κ3) is 6.32. The predicted molar refractivity (Wildman–Crippen MR) is 118 cm³/mol. The fourth-order valence-electron chi connectivity index (χ4n) is 4.93. The van der Waals surface area contributed by atoms with Crippen LogP contribution in [-0.4, -0.2) is 84.1 Å². The Morgan fingerprint density at radius 3 is 1.53 bits per heavy atom.